The summed E-state index contributed by atoms with van der Waals surface area (Å²) < 4.78 is 7.13. The minimum atomic E-state index is 0.261. The van der Waals surface area contributed by atoms with Crippen LogP contribution in [0.15, 0.2) is 60.9 Å². The van der Waals surface area contributed by atoms with Crippen molar-refractivity contribution in [2.75, 3.05) is 0 Å². The molecule has 0 aliphatic rings. The fourth-order valence-corrected chi connectivity index (χ4v) is 1.74. The highest BCUT2D eigenvalue weighted by atomic mass is 16.5. The van der Waals surface area contributed by atoms with Crippen LogP contribution in [0.2, 0.25) is 0 Å². The average Bonchev–Trinajstić information content (AvgIpc) is 2.92. The second-order valence-corrected chi connectivity index (χ2v) is 4.06. The molecule has 5 nitrogen and oxygen atoms in total. The summed E-state index contributed by atoms with van der Waals surface area (Å²) >= 11 is 0. The molecule has 0 saturated heterocycles. The van der Waals surface area contributed by atoms with Crippen molar-refractivity contribution in [1.29, 1.82) is 0 Å². The summed E-state index contributed by atoms with van der Waals surface area (Å²) in [5.74, 6) is 1.51. The molecule has 20 heavy (non-hydrogen) atoms. The van der Waals surface area contributed by atoms with E-state index in [9.17, 15) is 4.79 Å². The molecule has 0 amide bonds. The predicted octanol–water partition coefficient (Wildman–Crippen LogP) is 2.87. The highest BCUT2D eigenvalue weighted by molar-refractivity contribution is 5.78. The number of aldehydes is 1. The third kappa shape index (κ3) is 2.42. The summed E-state index contributed by atoms with van der Waals surface area (Å²) in [5, 5.41) is 4.25. The molecule has 0 radical (unpaired) electrons. The van der Waals surface area contributed by atoms with Crippen LogP contribution in [0.1, 0.15) is 10.4 Å². The van der Waals surface area contributed by atoms with E-state index in [1.807, 2.05) is 30.3 Å². The number of carbonyl (C=O) groups is 1. The summed E-state index contributed by atoms with van der Waals surface area (Å²) in [5.41, 5.74) is 0.375. The van der Waals surface area contributed by atoms with Crippen molar-refractivity contribution in [2.24, 2.45) is 0 Å². The van der Waals surface area contributed by atoms with Crippen LogP contribution in [0.3, 0.4) is 0 Å². The molecule has 0 bridgehead atoms. The second-order valence-electron chi connectivity index (χ2n) is 4.06. The number of hydrogen-bond acceptors (Lipinski definition) is 4. The Kier molecular flexibility index (Phi) is 3.24. The second kappa shape index (κ2) is 5.36. The van der Waals surface area contributed by atoms with Crippen molar-refractivity contribution in [2.45, 2.75) is 0 Å². The van der Waals surface area contributed by atoms with Crippen molar-refractivity contribution in [3.05, 3.63) is 66.5 Å². The van der Waals surface area contributed by atoms with E-state index in [0.29, 0.717) is 23.4 Å². The highest BCUT2D eigenvalue weighted by Crippen LogP contribution is 2.23. The van der Waals surface area contributed by atoms with Crippen molar-refractivity contribution in [1.82, 2.24) is 14.8 Å². The van der Waals surface area contributed by atoms with E-state index < -0.39 is 0 Å². The van der Waals surface area contributed by atoms with Crippen LogP contribution in [-0.4, -0.2) is 21.1 Å². The Morgan fingerprint density at radius 1 is 1.05 bits per heavy atom. The molecular weight excluding hydrogens is 254 g/mol. The third-order valence-electron chi connectivity index (χ3n) is 2.68. The van der Waals surface area contributed by atoms with Gasteiger partial charge in [-0.05, 0) is 24.3 Å². The van der Waals surface area contributed by atoms with Gasteiger partial charge >= 0.3 is 0 Å². The van der Waals surface area contributed by atoms with Crippen LogP contribution in [0.25, 0.3) is 5.82 Å². The van der Waals surface area contributed by atoms with Gasteiger partial charge in [-0.1, -0.05) is 24.3 Å². The van der Waals surface area contributed by atoms with Gasteiger partial charge < -0.3 is 4.74 Å². The Morgan fingerprint density at radius 3 is 2.55 bits per heavy atom. The van der Waals surface area contributed by atoms with Gasteiger partial charge in [0.1, 0.15) is 5.75 Å². The van der Waals surface area contributed by atoms with Crippen LogP contribution in [-0.2, 0) is 0 Å². The van der Waals surface area contributed by atoms with E-state index in [0.717, 1.165) is 0 Å². The number of para-hydroxylation sites is 1. The fourth-order valence-electron chi connectivity index (χ4n) is 1.74. The average molecular weight is 265 g/mol. The maximum atomic E-state index is 11.1. The Morgan fingerprint density at radius 2 is 1.85 bits per heavy atom. The van der Waals surface area contributed by atoms with Crippen molar-refractivity contribution >= 4 is 6.29 Å². The molecule has 3 aromatic rings. The number of carbonyl (C=O) groups excluding carboxylic acids is 1. The van der Waals surface area contributed by atoms with Crippen LogP contribution >= 0.6 is 0 Å². The Hall–Kier alpha value is -2.95. The van der Waals surface area contributed by atoms with E-state index in [1.165, 1.54) is 4.68 Å². The first kappa shape index (κ1) is 12.1. The van der Waals surface area contributed by atoms with Crippen LogP contribution < -0.4 is 4.74 Å². The molecule has 98 valence electrons. The van der Waals surface area contributed by atoms with Crippen LogP contribution in [0.5, 0.6) is 11.6 Å². The molecule has 0 fully saturated rings. The predicted molar refractivity (Wildman–Crippen MR) is 73.3 cm³/mol. The lowest BCUT2D eigenvalue weighted by Gasteiger charge is -2.02. The van der Waals surface area contributed by atoms with Gasteiger partial charge in [-0.3, -0.25) is 4.79 Å². The quantitative estimate of drug-likeness (QED) is 0.681. The molecule has 0 unspecified atom stereocenters. The molecule has 2 heterocycles. The monoisotopic (exact) mass is 265 g/mol. The van der Waals surface area contributed by atoms with Gasteiger partial charge in [-0.15, -0.1) is 5.10 Å². The van der Waals surface area contributed by atoms with Crippen molar-refractivity contribution in [3.8, 4) is 17.4 Å². The first-order valence-electron chi connectivity index (χ1n) is 6.06. The zero-order valence-electron chi connectivity index (χ0n) is 10.5. The normalized spacial score (nSPS) is 10.2. The summed E-state index contributed by atoms with van der Waals surface area (Å²) in [6.07, 6.45) is 3.97. The number of pyridine rings is 1. The van der Waals surface area contributed by atoms with Gasteiger partial charge in [0.15, 0.2) is 12.1 Å². The van der Waals surface area contributed by atoms with E-state index >= 15 is 0 Å². The standard InChI is InChI=1S/C15H11N3O2/c19-11-12-10-18(14-8-4-5-9-16-14)17-15(12)20-13-6-2-1-3-7-13/h1-11H. The number of ether oxygens (including phenoxy) is 1. The lowest BCUT2D eigenvalue weighted by atomic mass is 10.3. The topological polar surface area (TPSA) is 57.0 Å². The highest BCUT2D eigenvalue weighted by Gasteiger charge is 2.12. The molecule has 0 atom stereocenters. The fraction of sp³-hybridized carbons (Fsp3) is 0. The number of hydrogen-bond donors (Lipinski definition) is 0. The molecule has 0 saturated carbocycles. The largest absolute Gasteiger partial charge is 0.437 e. The summed E-state index contributed by atoms with van der Waals surface area (Å²) in [6.45, 7) is 0. The van der Waals surface area contributed by atoms with Crippen molar-refractivity contribution in [3.63, 3.8) is 0 Å². The summed E-state index contributed by atoms with van der Waals surface area (Å²) in [6, 6.07) is 14.7. The SMILES string of the molecule is O=Cc1cn(-c2ccccn2)nc1Oc1ccccc1. The van der Waals surface area contributed by atoms with Crippen molar-refractivity contribution < 1.29 is 9.53 Å². The van der Waals surface area contributed by atoms with Crippen LogP contribution in [0, 0.1) is 0 Å². The molecule has 3 rings (SSSR count). The first-order chi connectivity index (χ1) is 9.86. The van der Waals surface area contributed by atoms with E-state index in [1.54, 1.807) is 30.6 Å². The molecule has 0 aliphatic carbocycles. The van der Waals surface area contributed by atoms with Gasteiger partial charge in [-0.25, -0.2) is 9.67 Å². The van der Waals surface area contributed by atoms with E-state index in [4.69, 9.17) is 4.74 Å². The Bertz CT molecular complexity index is 708. The molecule has 0 N–H and O–H groups in total. The summed E-state index contributed by atoms with van der Waals surface area (Å²) in [4.78, 5) is 15.3. The molecular formula is C15H11N3O2. The number of rotatable bonds is 4. The van der Waals surface area contributed by atoms with E-state index in [-0.39, 0.29) is 5.88 Å². The zero-order valence-corrected chi connectivity index (χ0v) is 10.5. The van der Waals surface area contributed by atoms with Crippen LogP contribution in [0.4, 0.5) is 0 Å². The van der Waals surface area contributed by atoms with Gasteiger partial charge in [-0.2, -0.15) is 0 Å². The van der Waals surface area contributed by atoms with E-state index in [2.05, 4.69) is 10.1 Å². The van der Waals surface area contributed by atoms with Gasteiger partial charge in [0.25, 0.3) is 0 Å². The Labute approximate surface area is 115 Å². The minimum absolute atomic E-state index is 0.261. The number of nitrogens with zero attached hydrogens (tertiary/aromatic N) is 3. The smallest absolute Gasteiger partial charge is 0.249 e. The lowest BCUT2D eigenvalue weighted by Crippen LogP contribution is -1.97. The maximum absolute atomic E-state index is 11.1. The zero-order chi connectivity index (χ0) is 13.8. The minimum Gasteiger partial charge on any atom is -0.437 e. The Balaban J connectivity index is 1.95. The molecule has 0 spiro atoms. The molecule has 5 heteroatoms. The number of aromatic nitrogens is 3. The summed E-state index contributed by atoms with van der Waals surface area (Å²) in [7, 11) is 0. The first-order valence-corrected chi connectivity index (χ1v) is 6.06. The van der Waals surface area contributed by atoms with Gasteiger partial charge in [0.05, 0.1) is 5.56 Å². The third-order valence-corrected chi connectivity index (χ3v) is 2.68. The maximum Gasteiger partial charge on any atom is 0.249 e. The molecule has 1 aromatic carbocycles. The molecule has 2 aromatic heterocycles. The van der Waals surface area contributed by atoms with Gasteiger partial charge in [0.2, 0.25) is 5.88 Å². The number of benzene rings is 1. The molecule has 0 aliphatic heterocycles. The lowest BCUT2D eigenvalue weighted by molar-refractivity contribution is 0.112. The van der Waals surface area contributed by atoms with Gasteiger partial charge in [0, 0.05) is 12.4 Å².